The molecule has 0 amide bonds. The van der Waals surface area contributed by atoms with Gasteiger partial charge in [0, 0.05) is 25.2 Å². The third kappa shape index (κ3) is 2.87. The molecule has 5 heteroatoms. The Balaban J connectivity index is 1.94. The average molecular weight is 308 g/mol. The van der Waals surface area contributed by atoms with Crippen molar-refractivity contribution in [2.75, 3.05) is 13.1 Å². The van der Waals surface area contributed by atoms with Crippen LogP contribution in [0.1, 0.15) is 37.8 Å². The Kier molecular flexibility index (Phi) is 4.08. The van der Waals surface area contributed by atoms with E-state index in [4.69, 9.17) is 0 Å². The second-order valence-electron chi connectivity index (χ2n) is 6.37. The van der Waals surface area contributed by atoms with Gasteiger partial charge in [0.05, 0.1) is 4.90 Å². The average Bonchev–Trinajstić information content (AvgIpc) is 2.49. The zero-order valence-corrected chi connectivity index (χ0v) is 13.6. The SMILES string of the molecule is CC1CN(S(=O)(=O)c2ccc3c(c2)CCCC3)C(C)CN1. The van der Waals surface area contributed by atoms with E-state index in [0.29, 0.717) is 18.0 Å². The molecule has 2 atom stereocenters. The predicted octanol–water partition coefficient (Wildman–Crippen LogP) is 1.94. The highest BCUT2D eigenvalue weighted by Gasteiger charge is 2.33. The molecule has 4 nitrogen and oxygen atoms in total. The van der Waals surface area contributed by atoms with Crippen LogP contribution in [0.25, 0.3) is 0 Å². The van der Waals surface area contributed by atoms with Gasteiger partial charge in [-0.2, -0.15) is 4.31 Å². The van der Waals surface area contributed by atoms with Gasteiger partial charge in [-0.25, -0.2) is 8.42 Å². The second-order valence-corrected chi connectivity index (χ2v) is 8.26. The van der Waals surface area contributed by atoms with Crippen molar-refractivity contribution in [1.29, 1.82) is 0 Å². The quantitative estimate of drug-likeness (QED) is 0.908. The Hall–Kier alpha value is -0.910. The maximum atomic E-state index is 12.9. The van der Waals surface area contributed by atoms with Gasteiger partial charge in [-0.05, 0) is 62.8 Å². The molecule has 0 saturated carbocycles. The number of hydrogen-bond donors (Lipinski definition) is 1. The van der Waals surface area contributed by atoms with E-state index in [1.807, 2.05) is 26.0 Å². The Morgan fingerprint density at radius 2 is 1.86 bits per heavy atom. The number of nitrogens with one attached hydrogen (secondary N) is 1. The van der Waals surface area contributed by atoms with Crippen LogP contribution in [-0.2, 0) is 22.9 Å². The molecule has 21 heavy (non-hydrogen) atoms. The molecule has 2 unspecified atom stereocenters. The van der Waals surface area contributed by atoms with Crippen LogP contribution in [0, 0.1) is 0 Å². The van der Waals surface area contributed by atoms with E-state index < -0.39 is 10.0 Å². The summed E-state index contributed by atoms with van der Waals surface area (Å²) in [4.78, 5) is 0.462. The smallest absolute Gasteiger partial charge is 0.243 e. The number of aryl methyl sites for hydroxylation is 2. The van der Waals surface area contributed by atoms with Gasteiger partial charge in [0.15, 0.2) is 0 Å². The van der Waals surface area contributed by atoms with E-state index in [9.17, 15) is 8.42 Å². The first kappa shape index (κ1) is 15.0. The molecule has 0 aromatic heterocycles. The molecule has 116 valence electrons. The Morgan fingerprint density at radius 3 is 2.62 bits per heavy atom. The zero-order valence-electron chi connectivity index (χ0n) is 12.8. The summed E-state index contributed by atoms with van der Waals surface area (Å²) < 4.78 is 27.5. The maximum absolute atomic E-state index is 12.9. The lowest BCUT2D eigenvalue weighted by Crippen LogP contribution is -2.56. The summed E-state index contributed by atoms with van der Waals surface area (Å²) in [6.07, 6.45) is 4.46. The lowest BCUT2D eigenvalue weighted by molar-refractivity contribution is 0.244. The Bertz CT molecular complexity index is 627. The normalized spacial score (nSPS) is 27.3. The van der Waals surface area contributed by atoms with Crippen LogP contribution in [0.3, 0.4) is 0 Å². The van der Waals surface area contributed by atoms with Crippen LogP contribution in [0.2, 0.25) is 0 Å². The van der Waals surface area contributed by atoms with Crippen molar-refractivity contribution in [2.24, 2.45) is 0 Å². The number of hydrogen-bond acceptors (Lipinski definition) is 3. The summed E-state index contributed by atoms with van der Waals surface area (Å²) >= 11 is 0. The molecule has 2 aliphatic rings. The van der Waals surface area contributed by atoms with Gasteiger partial charge in [-0.1, -0.05) is 6.07 Å². The third-order valence-corrected chi connectivity index (χ3v) is 6.61. The van der Waals surface area contributed by atoms with Crippen molar-refractivity contribution < 1.29 is 8.42 Å². The zero-order chi connectivity index (χ0) is 15.0. The molecule has 1 aromatic carbocycles. The summed E-state index contributed by atoms with van der Waals surface area (Å²) in [5, 5.41) is 3.33. The van der Waals surface area contributed by atoms with E-state index >= 15 is 0 Å². The van der Waals surface area contributed by atoms with Crippen molar-refractivity contribution in [2.45, 2.75) is 56.5 Å². The Labute approximate surface area is 127 Å². The molecule has 1 aliphatic heterocycles. The summed E-state index contributed by atoms with van der Waals surface area (Å²) in [5.41, 5.74) is 2.54. The molecular formula is C16H24N2O2S. The molecule has 3 rings (SSSR count). The first-order chi connectivity index (χ1) is 9.98. The lowest BCUT2D eigenvalue weighted by atomic mass is 9.92. The standard InChI is InChI=1S/C16H24N2O2S/c1-12-11-18(13(2)10-17-12)21(19,20)16-8-7-14-5-3-4-6-15(14)9-16/h7-9,12-13,17H,3-6,10-11H2,1-2H3. The first-order valence-electron chi connectivity index (χ1n) is 7.85. The van der Waals surface area contributed by atoms with E-state index in [1.165, 1.54) is 17.5 Å². The number of rotatable bonds is 2. The van der Waals surface area contributed by atoms with Gasteiger partial charge >= 0.3 is 0 Å². The fraction of sp³-hybridized carbons (Fsp3) is 0.625. The highest BCUT2D eigenvalue weighted by molar-refractivity contribution is 7.89. The molecule has 0 bridgehead atoms. The largest absolute Gasteiger partial charge is 0.311 e. The molecular weight excluding hydrogens is 284 g/mol. The minimum absolute atomic E-state index is 0.00207. The number of nitrogens with zero attached hydrogens (tertiary/aromatic N) is 1. The molecule has 1 heterocycles. The fourth-order valence-corrected chi connectivity index (χ4v) is 5.10. The van der Waals surface area contributed by atoms with Crippen LogP contribution in [0.15, 0.2) is 23.1 Å². The third-order valence-electron chi connectivity index (χ3n) is 4.63. The van der Waals surface area contributed by atoms with Crippen molar-refractivity contribution in [3.63, 3.8) is 0 Å². The molecule has 0 spiro atoms. The van der Waals surface area contributed by atoms with Crippen molar-refractivity contribution in [1.82, 2.24) is 9.62 Å². The minimum Gasteiger partial charge on any atom is -0.311 e. The van der Waals surface area contributed by atoms with Crippen molar-refractivity contribution in [3.8, 4) is 0 Å². The number of benzene rings is 1. The van der Waals surface area contributed by atoms with Gasteiger partial charge in [0.25, 0.3) is 0 Å². The molecule has 1 aromatic rings. The molecule has 0 radical (unpaired) electrons. The Morgan fingerprint density at radius 1 is 1.14 bits per heavy atom. The fourth-order valence-electron chi connectivity index (χ4n) is 3.33. The topological polar surface area (TPSA) is 49.4 Å². The van der Waals surface area contributed by atoms with E-state index in [0.717, 1.165) is 19.3 Å². The van der Waals surface area contributed by atoms with Crippen molar-refractivity contribution >= 4 is 10.0 Å². The van der Waals surface area contributed by atoms with E-state index in [2.05, 4.69) is 5.32 Å². The maximum Gasteiger partial charge on any atom is 0.243 e. The summed E-state index contributed by atoms with van der Waals surface area (Å²) in [5.74, 6) is 0. The van der Waals surface area contributed by atoms with Crippen LogP contribution >= 0.6 is 0 Å². The van der Waals surface area contributed by atoms with Gasteiger partial charge in [0.2, 0.25) is 10.0 Å². The number of sulfonamides is 1. The predicted molar refractivity (Wildman–Crippen MR) is 83.9 cm³/mol. The summed E-state index contributed by atoms with van der Waals surface area (Å²) in [6, 6.07) is 5.91. The molecule has 1 aliphatic carbocycles. The highest BCUT2D eigenvalue weighted by Crippen LogP contribution is 2.27. The second kappa shape index (κ2) is 5.71. The minimum atomic E-state index is -3.38. The van der Waals surface area contributed by atoms with Gasteiger partial charge in [-0.3, -0.25) is 0 Å². The molecule has 1 saturated heterocycles. The van der Waals surface area contributed by atoms with E-state index in [1.54, 1.807) is 10.4 Å². The molecule has 1 fully saturated rings. The van der Waals surface area contributed by atoms with Crippen molar-refractivity contribution in [3.05, 3.63) is 29.3 Å². The monoisotopic (exact) mass is 308 g/mol. The van der Waals surface area contributed by atoms with Crippen LogP contribution in [0.4, 0.5) is 0 Å². The first-order valence-corrected chi connectivity index (χ1v) is 9.29. The van der Waals surface area contributed by atoms with Crippen LogP contribution in [0.5, 0.6) is 0 Å². The number of piperazine rings is 1. The molecule has 1 N–H and O–H groups in total. The van der Waals surface area contributed by atoms with Crippen LogP contribution < -0.4 is 5.32 Å². The summed E-state index contributed by atoms with van der Waals surface area (Å²) in [6.45, 7) is 5.25. The highest BCUT2D eigenvalue weighted by atomic mass is 32.2. The van der Waals surface area contributed by atoms with Gasteiger partial charge < -0.3 is 5.32 Å². The van der Waals surface area contributed by atoms with Crippen LogP contribution in [-0.4, -0.2) is 37.9 Å². The lowest BCUT2D eigenvalue weighted by Gasteiger charge is -2.36. The summed E-state index contributed by atoms with van der Waals surface area (Å²) in [7, 11) is -3.38. The van der Waals surface area contributed by atoms with Gasteiger partial charge in [-0.15, -0.1) is 0 Å². The van der Waals surface area contributed by atoms with E-state index in [-0.39, 0.29) is 12.1 Å². The van der Waals surface area contributed by atoms with Gasteiger partial charge in [0.1, 0.15) is 0 Å². The number of fused-ring (bicyclic) bond motifs is 1.